The molecule has 8 heteroatoms. The molecule has 2 aromatic carbocycles. The molecule has 1 atom stereocenters. The summed E-state index contributed by atoms with van der Waals surface area (Å²) in [5.74, 6) is 0.494. The van der Waals surface area contributed by atoms with E-state index in [-0.39, 0.29) is 5.91 Å². The highest BCUT2D eigenvalue weighted by Gasteiger charge is 2.16. The van der Waals surface area contributed by atoms with Gasteiger partial charge in [0.05, 0.1) is 22.3 Å². The zero-order valence-electron chi connectivity index (χ0n) is 17.9. The SMILES string of the molecule is Cn1nccc1-c1cc(NC(=O)c2ccc(Cl)c(Cl)c2)ccc1OCCC1CCCCN1. The predicted octanol–water partition coefficient (Wildman–Crippen LogP) is 5.56. The van der Waals surface area contributed by atoms with E-state index in [1.807, 2.05) is 31.3 Å². The van der Waals surface area contributed by atoms with Gasteiger partial charge < -0.3 is 15.4 Å². The van der Waals surface area contributed by atoms with Crippen LogP contribution in [0.5, 0.6) is 5.75 Å². The molecule has 1 saturated heterocycles. The van der Waals surface area contributed by atoms with Crippen LogP contribution in [0, 0.1) is 0 Å². The summed E-state index contributed by atoms with van der Waals surface area (Å²) in [6.07, 6.45) is 6.41. The number of piperidine rings is 1. The highest BCUT2D eigenvalue weighted by atomic mass is 35.5. The van der Waals surface area contributed by atoms with Crippen molar-refractivity contribution < 1.29 is 9.53 Å². The maximum atomic E-state index is 12.7. The fraction of sp³-hybridized carbons (Fsp3) is 0.333. The van der Waals surface area contributed by atoms with Gasteiger partial charge in [0, 0.05) is 36.1 Å². The number of nitrogens with zero attached hydrogens (tertiary/aromatic N) is 2. The van der Waals surface area contributed by atoms with Crippen LogP contribution in [0.2, 0.25) is 10.0 Å². The number of hydrogen-bond donors (Lipinski definition) is 2. The molecule has 0 radical (unpaired) electrons. The molecule has 1 aliphatic rings. The zero-order chi connectivity index (χ0) is 22.5. The Morgan fingerprint density at radius 3 is 2.78 bits per heavy atom. The molecule has 6 nitrogen and oxygen atoms in total. The van der Waals surface area contributed by atoms with Gasteiger partial charge in [0.1, 0.15) is 5.75 Å². The van der Waals surface area contributed by atoms with Crippen molar-refractivity contribution in [2.45, 2.75) is 31.7 Å². The van der Waals surface area contributed by atoms with E-state index in [2.05, 4.69) is 15.7 Å². The fourth-order valence-corrected chi connectivity index (χ4v) is 4.19. The lowest BCUT2D eigenvalue weighted by Crippen LogP contribution is -2.35. The fourth-order valence-electron chi connectivity index (χ4n) is 3.89. The Balaban J connectivity index is 1.52. The van der Waals surface area contributed by atoms with Gasteiger partial charge in [-0.2, -0.15) is 5.10 Å². The Morgan fingerprint density at radius 1 is 1.19 bits per heavy atom. The van der Waals surface area contributed by atoms with Gasteiger partial charge in [-0.25, -0.2) is 0 Å². The van der Waals surface area contributed by atoms with Gasteiger partial charge >= 0.3 is 0 Å². The third kappa shape index (κ3) is 5.44. The first-order chi connectivity index (χ1) is 15.5. The molecule has 2 N–H and O–H groups in total. The van der Waals surface area contributed by atoms with Crippen LogP contribution in [-0.4, -0.2) is 34.9 Å². The van der Waals surface area contributed by atoms with Crippen molar-refractivity contribution in [2.75, 3.05) is 18.5 Å². The van der Waals surface area contributed by atoms with Crippen molar-refractivity contribution in [3.63, 3.8) is 0 Å². The largest absolute Gasteiger partial charge is 0.493 e. The summed E-state index contributed by atoms with van der Waals surface area (Å²) < 4.78 is 7.95. The molecule has 1 aliphatic heterocycles. The number of benzene rings is 2. The van der Waals surface area contributed by atoms with Crippen LogP contribution in [-0.2, 0) is 7.05 Å². The van der Waals surface area contributed by atoms with Crippen molar-refractivity contribution in [1.29, 1.82) is 0 Å². The minimum atomic E-state index is -0.267. The van der Waals surface area contributed by atoms with Crippen molar-refractivity contribution in [1.82, 2.24) is 15.1 Å². The van der Waals surface area contributed by atoms with Gasteiger partial charge in [0.25, 0.3) is 5.91 Å². The van der Waals surface area contributed by atoms with E-state index < -0.39 is 0 Å². The van der Waals surface area contributed by atoms with Gasteiger partial charge in [-0.15, -0.1) is 0 Å². The lowest BCUT2D eigenvalue weighted by Gasteiger charge is -2.23. The molecule has 0 spiro atoms. The molecule has 1 amide bonds. The minimum Gasteiger partial charge on any atom is -0.493 e. The van der Waals surface area contributed by atoms with Crippen molar-refractivity contribution in [3.05, 3.63) is 64.3 Å². The van der Waals surface area contributed by atoms with Gasteiger partial charge in [0.15, 0.2) is 0 Å². The van der Waals surface area contributed by atoms with Gasteiger partial charge in [0.2, 0.25) is 0 Å². The molecule has 0 aliphatic carbocycles. The second kappa shape index (κ2) is 10.4. The molecule has 4 rings (SSSR count). The molecule has 1 fully saturated rings. The third-order valence-electron chi connectivity index (χ3n) is 5.65. The normalized spacial score (nSPS) is 16.0. The van der Waals surface area contributed by atoms with Crippen LogP contribution < -0.4 is 15.4 Å². The van der Waals surface area contributed by atoms with E-state index >= 15 is 0 Å². The van der Waals surface area contributed by atoms with Gasteiger partial charge in [-0.1, -0.05) is 29.6 Å². The van der Waals surface area contributed by atoms with Gasteiger partial charge in [-0.05, 0) is 68.3 Å². The van der Waals surface area contributed by atoms with E-state index in [1.165, 1.54) is 19.3 Å². The number of anilines is 1. The summed E-state index contributed by atoms with van der Waals surface area (Å²) in [6, 6.07) is 12.9. The first kappa shape index (κ1) is 22.6. The highest BCUT2D eigenvalue weighted by molar-refractivity contribution is 6.42. The number of amides is 1. The molecule has 0 saturated carbocycles. The number of aromatic nitrogens is 2. The van der Waals surface area contributed by atoms with Crippen LogP contribution >= 0.6 is 23.2 Å². The number of carbonyl (C=O) groups is 1. The monoisotopic (exact) mass is 472 g/mol. The molecule has 168 valence electrons. The maximum Gasteiger partial charge on any atom is 0.255 e. The molecule has 1 unspecified atom stereocenters. The standard InChI is InChI=1S/C24H26Cl2N4O2/c1-30-22(9-12-28-30)19-15-18(29-24(31)16-5-7-20(25)21(26)14-16)6-8-23(19)32-13-10-17-4-2-3-11-27-17/h5-9,12,14-15,17,27H,2-4,10-11,13H2,1H3,(H,29,31). The first-order valence-electron chi connectivity index (χ1n) is 10.8. The van der Waals surface area contributed by atoms with Crippen LogP contribution in [0.3, 0.4) is 0 Å². The lowest BCUT2D eigenvalue weighted by atomic mass is 10.0. The summed E-state index contributed by atoms with van der Waals surface area (Å²) in [5.41, 5.74) is 2.86. The van der Waals surface area contributed by atoms with Crippen LogP contribution in [0.4, 0.5) is 5.69 Å². The average molecular weight is 473 g/mol. The van der Waals surface area contributed by atoms with Gasteiger partial charge in [-0.3, -0.25) is 9.48 Å². The Labute approximate surface area is 197 Å². The number of hydrogen-bond acceptors (Lipinski definition) is 4. The minimum absolute atomic E-state index is 0.267. The maximum absolute atomic E-state index is 12.7. The van der Waals surface area contributed by atoms with E-state index in [9.17, 15) is 4.79 Å². The Kier molecular flexibility index (Phi) is 7.35. The second-order valence-corrected chi connectivity index (χ2v) is 8.73. The van der Waals surface area contributed by atoms with E-state index in [0.29, 0.717) is 33.9 Å². The first-order valence-corrected chi connectivity index (χ1v) is 11.5. The highest BCUT2D eigenvalue weighted by Crippen LogP contribution is 2.33. The summed E-state index contributed by atoms with van der Waals surface area (Å²) in [4.78, 5) is 12.7. The number of carbonyl (C=O) groups excluding carboxylic acids is 1. The summed E-state index contributed by atoms with van der Waals surface area (Å²) in [7, 11) is 1.88. The van der Waals surface area contributed by atoms with E-state index in [4.69, 9.17) is 27.9 Å². The zero-order valence-corrected chi connectivity index (χ0v) is 19.4. The Morgan fingerprint density at radius 2 is 2.06 bits per heavy atom. The van der Waals surface area contributed by atoms with Crippen LogP contribution in [0.15, 0.2) is 48.7 Å². The Bertz CT molecular complexity index is 1090. The molecule has 32 heavy (non-hydrogen) atoms. The molecule has 2 heterocycles. The predicted molar refractivity (Wildman–Crippen MR) is 129 cm³/mol. The second-order valence-electron chi connectivity index (χ2n) is 7.92. The number of ether oxygens (including phenoxy) is 1. The molecular formula is C24H26Cl2N4O2. The quantitative estimate of drug-likeness (QED) is 0.472. The summed E-state index contributed by atoms with van der Waals surface area (Å²) >= 11 is 12.0. The van der Waals surface area contributed by atoms with Crippen molar-refractivity contribution in [3.8, 4) is 17.0 Å². The van der Waals surface area contributed by atoms with Crippen molar-refractivity contribution in [2.24, 2.45) is 7.05 Å². The molecule has 0 bridgehead atoms. The molecular weight excluding hydrogens is 447 g/mol. The Hall–Kier alpha value is -2.54. The molecule has 3 aromatic rings. The smallest absolute Gasteiger partial charge is 0.255 e. The topological polar surface area (TPSA) is 68.2 Å². The van der Waals surface area contributed by atoms with Crippen molar-refractivity contribution >= 4 is 34.8 Å². The number of nitrogens with one attached hydrogen (secondary N) is 2. The molecule has 1 aromatic heterocycles. The number of rotatable bonds is 7. The number of halogens is 2. The number of aryl methyl sites for hydroxylation is 1. The average Bonchev–Trinajstić information content (AvgIpc) is 3.23. The summed E-state index contributed by atoms with van der Waals surface area (Å²) in [6.45, 7) is 1.70. The van der Waals surface area contributed by atoms with E-state index in [1.54, 1.807) is 29.1 Å². The van der Waals surface area contributed by atoms with Crippen LogP contribution in [0.1, 0.15) is 36.0 Å². The lowest BCUT2D eigenvalue weighted by molar-refractivity contribution is 0.102. The van der Waals surface area contributed by atoms with Crippen LogP contribution in [0.25, 0.3) is 11.3 Å². The van der Waals surface area contributed by atoms with E-state index in [0.717, 1.165) is 30.0 Å². The summed E-state index contributed by atoms with van der Waals surface area (Å²) in [5, 5.41) is 11.5. The third-order valence-corrected chi connectivity index (χ3v) is 6.39.